The summed E-state index contributed by atoms with van der Waals surface area (Å²) >= 11 is 0. The molecule has 0 bridgehead atoms. The molecule has 2 nitrogen and oxygen atoms in total. The zero-order valence-corrected chi connectivity index (χ0v) is 33.1. The molecular weight excluding hydrogens is 729 g/mol. The predicted octanol–water partition coefficient (Wildman–Crippen LogP) is 8.29. The summed E-state index contributed by atoms with van der Waals surface area (Å²) in [6.45, 7) is 14.0. The molecule has 0 saturated carbocycles. The zero-order chi connectivity index (χ0) is 34.6. The summed E-state index contributed by atoms with van der Waals surface area (Å²) in [5.41, 5.74) is 7.91. The molecule has 0 unspecified atom stereocenters. The fraction of sp³-hybridized carbons (Fsp3) is 0.159. The van der Waals surface area contributed by atoms with Gasteiger partial charge in [-0.2, -0.15) is 0 Å². The molecule has 0 radical (unpaired) electrons. The molecule has 6 aromatic rings. The van der Waals surface area contributed by atoms with Crippen molar-refractivity contribution in [3.63, 3.8) is 0 Å². The summed E-state index contributed by atoms with van der Waals surface area (Å²) in [4.78, 5) is 9.00. The van der Waals surface area contributed by atoms with E-state index in [4.69, 9.17) is 9.90 Å². The van der Waals surface area contributed by atoms with E-state index < -0.39 is 21.8 Å². The second-order valence-corrected chi connectivity index (χ2v) is 17.4. The largest absolute Gasteiger partial charge is 0.481 e. The minimum atomic E-state index is -0.927. The smallest absolute Gasteiger partial charge is 0.300 e. The van der Waals surface area contributed by atoms with Crippen molar-refractivity contribution in [2.24, 2.45) is 0 Å². The van der Waals surface area contributed by atoms with E-state index in [1.807, 2.05) is 0 Å². The summed E-state index contributed by atoms with van der Waals surface area (Å²) in [6.07, 6.45) is 0. The minimum absolute atomic E-state index is 0. The van der Waals surface area contributed by atoms with Crippen LogP contribution in [0.5, 0.6) is 0 Å². The summed E-state index contributed by atoms with van der Waals surface area (Å²) < 4.78 is 0. The van der Waals surface area contributed by atoms with Crippen LogP contribution in [0.15, 0.2) is 146 Å². The topological polar surface area (TPSA) is 37.3 Å². The molecule has 254 valence electrons. The average Bonchev–Trinajstić information content (AvgIpc) is 3.07. The van der Waals surface area contributed by atoms with Crippen molar-refractivity contribution >= 4 is 53.6 Å². The van der Waals surface area contributed by atoms with E-state index in [0.717, 1.165) is 6.92 Å². The van der Waals surface area contributed by atoms with Crippen molar-refractivity contribution in [3.05, 3.63) is 179 Å². The molecule has 1 N–H and O–H groups in total. The predicted molar refractivity (Wildman–Crippen MR) is 215 cm³/mol. The zero-order valence-electron chi connectivity index (χ0n) is 29.5. The second-order valence-electron chi connectivity index (χ2n) is 12.5. The van der Waals surface area contributed by atoms with Crippen molar-refractivity contribution in [2.75, 3.05) is 0 Å². The van der Waals surface area contributed by atoms with Gasteiger partial charge in [-0.25, -0.2) is 0 Å². The van der Waals surface area contributed by atoms with Gasteiger partial charge >= 0.3 is 0 Å². The van der Waals surface area contributed by atoms with Crippen LogP contribution in [0, 0.1) is 41.5 Å². The third-order valence-electron chi connectivity index (χ3n) is 8.04. The van der Waals surface area contributed by atoms with E-state index >= 15 is 0 Å². The van der Waals surface area contributed by atoms with Crippen LogP contribution < -0.4 is 31.8 Å². The van der Waals surface area contributed by atoms with E-state index in [1.54, 1.807) is 0 Å². The van der Waals surface area contributed by atoms with E-state index in [0.29, 0.717) is 0 Å². The quantitative estimate of drug-likeness (QED) is 0.137. The number of aliphatic carboxylic acids is 1. The number of carbonyl (C=O) groups is 1. The first kappa shape index (κ1) is 39.7. The number of benzene rings is 6. The molecule has 0 spiro atoms. The Balaban J connectivity index is 0.000000235. The SMILES string of the molecule is CC(=O)O.Cc1ccc([PH+](c2ccc(C)cc2)c2ccc(C)cc2)cc1.Cc1ccc([PH+](c2ccc(C)cc2)c2ccc(C)cc2)cc1.[Pd]. The number of hydrogen-bond acceptors (Lipinski definition) is 1. The number of rotatable bonds is 6. The van der Waals surface area contributed by atoms with Crippen molar-refractivity contribution in [2.45, 2.75) is 48.5 Å². The molecule has 6 rings (SSSR count). The molecule has 0 aliphatic heterocycles. The van der Waals surface area contributed by atoms with E-state index in [1.165, 1.54) is 65.2 Å². The molecule has 6 aromatic carbocycles. The molecule has 5 heteroatoms. The van der Waals surface area contributed by atoms with Gasteiger partial charge in [-0.15, -0.1) is 0 Å². The average molecular weight is 777 g/mol. The molecule has 0 aliphatic carbocycles. The van der Waals surface area contributed by atoms with E-state index in [2.05, 4.69) is 187 Å². The molecule has 0 heterocycles. The maximum atomic E-state index is 9.00. The monoisotopic (exact) mass is 776 g/mol. The summed E-state index contributed by atoms with van der Waals surface area (Å²) in [5.74, 6) is -0.833. The third kappa shape index (κ3) is 12.3. The van der Waals surface area contributed by atoms with Gasteiger partial charge in [0.1, 0.15) is 31.8 Å². The Morgan fingerprint density at radius 3 is 0.551 bits per heavy atom. The molecular formula is C44H48O2P2Pd+2. The normalized spacial score (nSPS) is 10.3. The second kappa shape index (κ2) is 19.5. The Bertz CT molecular complexity index is 1510. The Morgan fingerprint density at radius 2 is 0.449 bits per heavy atom. The molecule has 0 aromatic heterocycles. The standard InChI is InChI=1S/2C21H21P.C2H4O2.Pd/c2*1-16-4-10-19(11-5-16)22(20-12-6-17(2)7-13-20)21-14-8-18(3)9-15-21;1-2(3)4;/h2*4-15H,1-3H3;1H3,(H,3,4);/p+2. The Hall–Kier alpha value is -3.69. The minimum Gasteiger partial charge on any atom is -0.481 e. The van der Waals surface area contributed by atoms with E-state index in [9.17, 15) is 0 Å². The van der Waals surface area contributed by atoms with Crippen LogP contribution in [0.25, 0.3) is 0 Å². The van der Waals surface area contributed by atoms with Crippen LogP contribution in [0.4, 0.5) is 0 Å². The Morgan fingerprint density at radius 1 is 0.347 bits per heavy atom. The fourth-order valence-corrected chi connectivity index (χ4v) is 10.3. The molecule has 0 fully saturated rings. The fourth-order valence-electron chi connectivity index (χ4n) is 5.32. The van der Waals surface area contributed by atoms with Crippen LogP contribution in [0.2, 0.25) is 0 Å². The van der Waals surface area contributed by atoms with Crippen molar-refractivity contribution < 1.29 is 30.3 Å². The number of carboxylic acids is 1. The van der Waals surface area contributed by atoms with Gasteiger partial charge in [0.2, 0.25) is 0 Å². The van der Waals surface area contributed by atoms with Crippen LogP contribution in [-0.4, -0.2) is 11.1 Å². The van der Waals surface area contributed by atoms with Gasteiger partial charge in [-0.1, -0.05) is 106 Å². The molecule has 49 heavy (non-hydrogen) atoms. The first-order chi connectivity index (χ1) is 23.0. The molecule has 0 aliphatic rings. The van der Waals surface area contributed by atoms with Crippen LogP contribution >= 0.6 is 15.8 Å². The van der Waals surface area contributed by atoms with Gasteiger partial charge in [0.25, 0.3) is 5.97 Å². The summed E-state index contributed by atoms with van der Waals surface area (Å²) in [5, 5.41) is 16.1. The van der Waals surface area contributed by atoms with Gasteiger partial charge in [0.15, 0.2) is 0 Å². The summed E-state index contributed by atoms with van der Waals surface area (Å²) in [7, 11) is -1.85. The van der Waals surface area contributed by atoms with Crippen LogP contribution in [0.1, 0.15) is 40.3 Å². The Labute approximate surface area is 309 Å². The van der Waals surface area contributed by atoms with Gasteiger partial charge in [-0.3, -0.25) is 4.79 Å². The van der Waals surface area contributed by atoms with Crippen LogP contribution in [0.3, 0.4) is 0 Å². The number of hydrogen-bond donors (Lipinski definition) is 1. The maximum absolute atomic E-state index is 9.00. The summed E-state index contributed by atoms with van der Waals surface area (Å²) in [6, 6.07) is 54.2. The Kier molecular flexibility index (Phi) is 15.8. The van der Waals surface area contributed by atoms with Crippen molar-refractivity contribution in [1.29, 1.82) is 0 Å². The first-order valence-electron chi connectivity index (χ1n) is 16.4. The first-order valence-corrected chi connectivity index (χ1v) is 19.4. The molecule has 0 atom stereocenters. The van der Waals surface area contributed by atoms with Gasteiger partial charge in [0, 0.05) is 27.3 Å². The van der Waals surface area contributed by atoms with Crippen molar-refractivity contribution in [3.8, 4) is 0 Å². The third-order valence-corrected chi connectivity index (χ3v) is 13.5. The van der Waals surface area contributed by atoms with Gasteiger partial charge in [0.05, 0.1) is 15.8 Å². The molecule has 0 saturated heterocycles. The van der Waals surface area contributed by atoms with Crippen LogP contribution in [-0.2, 0) is 25.2 Å². The maximum Gasteiger partial charge on any atom is 0.300 e. The number of carboxylic acid groups (broad SMARTS) is 1. The van der Waals surface area contributed by atoms with Crippen molar-refractivity contribution in [1.82, 2.24) is 0 Å². The molecule has 0 amide bonds. The van der Waals surface area contributed by atoms with Gasteiger partial charge < -0.3 is 5.11 Å². The van der Waals surface area contributed by atoms with E-state index in [-0.39, 0.29) is 20.4 Å². The van der Waals surface area contributed by atoms with Gasteiger partial charge in [-0.05, 0) is 114 Å². The number of aryl methyl sites for hydroxylation is 6.